The zero-order chi connectivity index (χ0) is 14.8. The van der Waals surface area contributed by atoms with E-state index in [1.807, 2.05) is 6.07 Å². The molecular formula is C16H15ClN2O2. The summed E-state index contributed by atoms with van der Waals surface area (Å²) < 4.78 is 11.6. The summed E-state index contributed by atoms with van der Waals surface area (Å²) in [6.45, 7) is 1.70. The van der Waals surface area contributed by atoms with E-state index < -0.39 is 0 Å². The van der Waals surface area contributed by atoms with Gasteiger partial charge >= 0.3 is 0 Å². The number of hydrogen-bond donors (Lipinski definition) is 0. The summed E-state index contributed by atoms with van der Waals surface area (Å²) in [6, 6.07) is 9.09. The Labute approximate surface area is 128 Å². The van der Waals surface area contributed by atoms with Gasteiger partial charge in [0.2, 0.25) is 0 Å². The Morgan fingerprint density at radius 1 is 1.43 bits per heavy atom. The predicted octanol–water partition coefficient (Wildman–Crippen LogP) is 3.76. The van der Waals surface area contributed by atoms with Gasteiger partial charge in [0.1, 0.15) is 17.6 Å². The normalized spacial score (nSPS) is 18.6. The maximum atomic E-state index is 8.88. The third-order valence-electron chi connectivity index (χ3n) is 3.64. The molecule has 4 nitrogen and oxygen atoms in total. The summed E-state index contributed by atoms with van der Waals surface area (Å²) in [5, 5.41) is 9.33. The van der Waals surface area contributed by atoms with Crippen molar-refractivity contribution in [3.63, 3.8) is 0 Å². The van der Waals surface area contributed by atoms with Crippen LogP contribution in [0.3, 0.4) is 0 Å². The lowest BCUT2D eigenvalue weighted by molar-refractivity contribution is 0.182. The Balaban J connectivity index is 1.87. The van der Waals surface area contributed by atoms with E-state index in [9.17, 15) is 0 Å². The molecule has 21 heavy (non-hydrogen) atoms. The molecule has 1 aliphatic rings. The van der Waals surface area contributed by atoms with Crippen LogP contribution in [0.1, 0.15) is 29.4 Å². The highest BCUT2D eigenvalue weighted by Gasteiger charge is 2.25. The van der Waals surface area contributed by atoms with E-state index in [1.165, 1.54) is 0 Å². The van der Waals surface area contributed by atoms with Gasteiger partial charge in [-0.05, 0) is 31.3 Å². The lowest BCUT2D eigenvalue weighted by Gasteiger charge is -2.18. The summed E-state index contributed by atoms with van der Waals surface area (Å²) in [7, 11) is 2.06. The number of furan rings is 1. The molecule has 0 bridgehead atoms. The van der Waals surface area contributed by atoms with Crippen LogP contribution in [-0.4, -0.2) is 18.5 Å². The number of benzene rings is 1. The lowest BCUT2D eigenvalue weighted by atomic mass is 10.1. The first kappa shape index (κ1) is 14.0. The minimum Gasteiger partial charge on any atom is -0.484 e. The first-order valence-corrected chi connectivity index (χ1v) is 7.16. The second-order valence-corrected chi connectivity index (χ2v) is 5.60. The summed E-state index contributed by atoms with van der Waals surface area (Å²) in [4.78, 5) is 2.20. The maximum absolute atomic E-state index is 8.88. The van der Waals surface area contributed by atoms with Crippen molar-refractivity contribution in [2.24, 2.45) is 0 Å². The molecule has 2 aromatic rings. The fourth-order valence-corrected chi connectivity index (χ4v) is 2.75. The van der Waals surface area contributed by atoms with E-state index in [4.69, 9.17) is 26.0 Å². The molecule has 0 aliphatic carbocycles. The molecule has 1 aliphatic heterocycles. The Kier molecular flexibility index (Phi) is 3.87. The summed E-state index contributed by atoms with van der Waals surface area (Å²) in [5.41, 5.74) is 1.59. The first-order valence-electron chi connectivity index (χ1n) is 6.78. The molecule has 5 heteroatoms. The smallest absolute Gasteiger partial charge is 0.138 e. The minimum atomic E-state index is -0.0888. The van der Waals surface area contributed by atoms with Gasteiger partial charge in [0.05, 0.1) is 29.5 Å². The van der Waals surface area contributed by atoms with Gasteiger partial charge in [0.15, 0.2) is 0 Å². The molecule has 0 amide bonds. The predicted molar refractivity (Wildman–Crippen MR) is 79.2 cm³/mol. The first-order chi connectivity index (χ1) is 10.2. The van der Waals surface area contributed by atoms with E-state index in [0.29, 0.717) is 16.3 Å². The van der Waals surface area contributed by atoms with E-state index in [1.54, 1.807) is 24.5 Å². The van der Waals surface area contributed by atoms with Crippen molar-refractivity contribution in [1.82, 2.24) is 4.90 Å². The monoisotopic (exact) mass is 302 g/mol. The summed E-state index contributed by atoms with van der Waals surface area (Å²) in [6.07, 6.45) is 2.47. The van der Waals surface area contributed by atoms with Crippen molar-refractivity contribution < 1.29 is 9.15 Å². The molecule has 1 aromatic heterocycles. The molecule has 3 rings (SSSR count). The van der Waals surface area contributed by atoms with Crippen LogP contribution in [-0.2, 0) is 6.54 Å². The Hall–Kier alpha value is -1.96. The summed E-state index contributed by atoms with van der Waals surface area (Å²) in [5.74, 6) is 1.53. The van der Waals surface area contributed by atoms with Crippen LogP contribution >= 0.6 is 11.6 Å². The molecule has 0 saturated carbocycles. The number of halogens is 1. The van der Waals surface area contributed by atoms with Gasteiger partial charge in [-0.3, -0.25) is 4.90 Å². The van der Waals surface area contributed by atoms with Crippen LogP contribution < -0.4 is 4.74 Å². The quantitative estimate of drug-likeness (QED) is 0.847. The zero-order valence-electron chi connectivity index (χ0n) is 11.7. The van der Waals surface area contributed by atoms with Crippen LogP contribution in [0, 0.1) is 11.3 Å². The number of rotatable bonds is 2. The largest absolute Gasteiger partial charge is 0.484 e. The van der Waals surface area contributed by atoms with Gasteiger partial charge in [0.25, 0.3) is 0 Å². The van der Waals surface area contributed by atoms with Crippen molar-refractivity contribution >= 4 is 11.6 Å². The second-order valence-electron chi connectivity index (χ2n) is 5.19. The molecule has 2 heterocycles. The molecule has 0 fully saturated rings. The highest BCUT2D eigenvalue weighted by molar-refractivity contribution is 6.32. The molecule has 1 atom stereocenters. The van der Waals surface area contributed by atoms with E-state index in [2.05, 4.69) is 18.0 Å². The van der Waals surface area contributed by atoms with E-state index >= 15 is 0 Å². The van der Waals surface area contributed by atoms with Gasteiger partial charge in [-0.15, -0.1) is 0 Å². The fraction of sp³-hybridized carbons (Fsp3) is 0.312. The van der Waals surface area contributed by atoms with Crippen LogP contribution in [0.2, 0.25) is 5.02 Å². The highest BCUT2D eigenvalue weighted by Crippen LogP contribution is 2.34. The molecule has 1 unspecified atom stereocenters. The van der Waals surface area contributed by atoms with Gasteiger partial charge in [-0.25, -0.2) is 0 Å². The second kappa shape index (κ2) is 5.80. The van der Waals surface area contributed by atoms with E-state index in [0.717, 1.165) is 30.8 Å². The lowest BCUT2D eigenvalue weighted by Crippen LogP contribution is -2.18. The molecular weight excluding hydrogens is 288 g/mol. The standard InChI is InChI=1S/C16H15ClN2O2/c1-19-6-4-14(12-5-7-20-16(12)10-19)21-15-3-2-11(9-18)8-13(15)17/h2-3,5,7-8,14H,4,6,10H2,1H3. The topological polar surface area (TPSA) is 49.4 Å². The Morgan fingerprint density at radius 2 is 2.29 bits per heavy atom. The number of fused-ring (bicyclic) bond motifs is 1. The molecule has 0 spiro atoms. The molecule has 0 radical (unpaired) electrons. The SMILES string of the molecule is CN1CCC(Oc2ccc(C#N)cc2Cl)c2ccoc2C1. The number of ether oxygens (including phenoxy) is 1. The average molecular weight is 303 g/mol. The van der Waals surface area contributed by atoms with Crippen molar-refractivity contribution in [2.45, 2.75) is 19.1 Å². The number of nitriles is 1. The van der Waals surface area contributed by atoms with Crippen LogP contribution in [0.5, 0.6) is 5.75 Å². The van der Waals surface area contributed by atoms with Crippen molar-refractivity contribution in [3.05, 3.63) is 52.4 Å². The van der Waals surface area contributed by atoms with Gasteiger partial charge in [-0.2, -0.15) is 5.26 Å². The van der Waals surface area contributed by atoms with Gasteiger partial charge in [0, 0.05) is 18.5 Å². The maximum Gasteiger partial charge on any atom is 0.138 e. The van der Waals surface area contributed by atoms with Crippen molar-refractivity contribution in [3.8, 4) is 11.8 Å². The van der Waals surface area contributed by atoms with Crippen LogP contribution in [0.4, 0.5) is 0 Å². The third kappa shape index (κ3) is 2.90. The van der Waals surface area contributed by atoms with E-state index in [-0.39, 0.29) is 6.10 Å². The van der Waals surface area contributed by atoms with Gasteiger partial charge in [-0.1, -0.05) is 11.6 Å². The van der Waals surface area contributed by atoms with Crippen LogP contribution in [0.25, 0.3) is 0 Å². The zero-order valence-corrected chi connectivity index (χ0v) is 12.4. The molecule has 0 N–H and O–H groups in total. The average Bonchev–Trinajstić information content (AvgIpc) is 2.87. The van der Waals surface area contributed by atoms with Crippen molar-refractivity contribution in [2.75, 3.05) is 13.6 Å². The number of hydrogen-bond acceptors (Lipinski definition) is 4. The molecule has 108 valence electrons. The fourth-order valence-electron chi connectivity index (χ4n) is 2.52. The number of nitrogens with zero attached hydrogens (tertiary/aromatic N) is 2. The van der Waals surface area contributed by atoms with Crippen LogP contribution in [0.15, 0.2) is 34.9 Å². The Bertz CT molecular complexity index is 690. The van der Waals surface area contributed by atoms with Crippen molar-refractivity contribution in [1.29, 1.82) is 5.26 Å². The minimum absolute atomic E-state index is 0.0888. The third-order valence-corrected chi connectivity index (χ3v) is 3.94. The molecule has 0 saturated heterocycles. The summed E-state index contributed by atoms with van der Waals surface area (Å²) >= 11 is 6.19. The highest BCUT2D eigenvalue weighted by atomic mass is 35.5. The molecule has 1 aromatic carbocycles. The van der Waals surface area contributed by atoms with Gasteiger partial charge < -0.3 is 9.15 Å². The Morgan fingerprint density at radius 3 is 3.05 bits per heavy atom.